The molecule has 0 bridgehead atoms. The number of aromatic nitrogens is 4. The first-order valence-corrected chi connectivity index (χ1v) is 8.60. The van der Waals surface area contributed by atoms with Crippen LogP contribution in [0.1, 0.15) is 16.8 Å². The standard InChI is InChI=1S/C15H13FN6O3S.ClH/c16-10-3-8-11(23)9(14(24)25)5-22(15-20-18-6-26-15)12(8)19-13(10)21-2-1-7(17)4-21;/h3,5-7H,1-2,4,17H2,(H,24,25);1H. The Balaban J connectivity index is 0.00000210. The van der Waals surface area contributed by atoms with Gasteiger partial charge >= 0.3 is 5.97 Å². The molecule has 0 radical (unpaired) electrons. The summed E-state index contributed by atoms with van der Waals surface area (Å²) in [5, 5.41) is 17.1. The molecule has 4 rings (SSSR count). The van der Waals surface area contributed by atoms with Gasteiger partial charge < -0.3 is 15.7 Å². The number of nitrogens with zero attached hydrogens (tertiary/aromatic N) is 5. The lowest BCUT2D eigenvalue weighted by molar-refractivity contribution is 0.0695. The predicted octanol–water partition coefficient (Wildman–Crippen LogP) is 1.03. The lowest BCUT2D eigenvalue weighted by atomic mass is 10.2. The fourth-order valence-corrected chi connectivity index (χ4v) is 3.52. The molecule has 0 aliphatic carbocycles. The van der Waals surface area contributed by atoms with Gasteiger partial charge in [-0.25, -0.2) is 14.2 Å². The summed E-state index contributed by atoms with van der Waals surface area (Å²) in [6.07, 6.45) is 1.85. The van der Waals surface area contributed by atoms with E-state index in [1.165, 1.54) is 10.1 Å². The van der Waals surface area contributed by atoms with Crippen LogP contribution in [0, 0.1) is 5.82 Å². The number of hydrogen-bond donors (Lipinski definition) is 2. The van der Waals surface area contributed by atoms with Gasteiger partial charge in [0, 0.05) is 25.3 Å². The van der Waals surface area contributed by atoms with Crippen LogP contribution in [-0.2, 0) is 0 Å². The van der Waals surface area contributed by atoms with E-state index < -0.39 is 22.8 Å². The summed E-state index contributed by atoms with van der Waals surface area (Å²) in [6, 6.07) is 0.944. The number of carboxylic acid groups (broad SMARTS) is 1. The van der Waals surface area contributed by atoms with Gasteiger partial charge in [-0.3, -0.25) is 9.36 Å². The molecule has 1 aliphatic heterocycles. The third kappa shape index (κ3) is 3.24. The van der Waals surface area contributed by atoms with E-state index in [9.17, 15) is 19.1 Å². The highest BCUT2D eigenvalue weighted by Crippen LogP contribution is 2.26. The van der Waals surface area contributed by atoms with Crippen molar-refractivity contribution in [2.75, 3.05) is 18.0 Å². The van der Waals surface area contributed by atoms with Crippen LogP contribution < -0.4 is 16.1 Å². The minimum Gasteiger partial charge on any atom is -0.477 e. The Labute approximate surface area is 161 Å². The summed E-state index contributed by atoms with van der Waals surface area (Å²) in [6.45, 7) is 0.999. The first-order valence-electron chi connectivity index (χ1n) is 7.72. The molecule has 12 heteroatoms. The van der Waals surface area contributed by atoms with E-state index in [-0.39, 0.29) is 35.3 Å². The van der Waals surface area contributed by atoms with E-state index in [1.807, 2.05) is 0 Å². The molecule has 1 unspecified atom stereocenters. The van der Waals surface area contributed by atoms with Crippen LogP contribution in [0.25, 0.3) is 16.2 Å². The van der Waals surface area contributed by atoms with Gasteiger partial charge in [-0.2, -0.15) is 0 Å². The summed E-state index contributed by atoms with van der Waals surface area (Å²) in [7, 11) is 0. The lowest BCUT2D eigenvalue weighted by Crippen LogP contribution is -2.28. The smallest absolute Gasteiger partial charge is 0.341 e. The second kappa shape index (κ2) is 7.18. The summed E-state index contributed by atoms with van der Waals surface area (Å²) in [4.78, 5) is 29.9. The number of aromatic carboxylic acids is 1. The van der Waals surface area contributed by atoms with E-state index in [4.69, 9.17) is 5.73 Å². The Bertz CT molecular complexity index is 1070. The van der Waals surface area contributed by atoms with Gasteiger partial charge in [0.15, 0.2) is 17.3 Å². The molecule has 0 aromatic carbocycles. The monoisotopic (exact) mass is 412 g/mol. The lowest BCUT2D eigenvalue weighted by Gasteiger charge is -2.19. The zero-order chi connectivity index (χ0) is 18.4. The fourth-order valence-electron chi connectivity index (χ4n) is 2.99. The zero-order valence-electron chi connectivity index (χ0n) is 13.7. The number of fused-ring (bicyclic) bond motifs is 1. The maximum atomic E-state index is 14.6. The molecule has 0 spiro atoms. The van der Waals surface area contributed by atoms with Crippen LogP contribution in [-0.4, -0.2) is 50.0 Å². The van der Waals surface area contributed by atoms with E-state index in [0.717, 1.165) is 23.6 Å². The summed E-state index contributed by atoms with van der Waals surface area (Å²) < 4.78 is 16.0. The molecule has 1 saturated heterocycles. The summed E-state index contributed by atoms with van der Waals surface area (Å²) in [5.74, 6) is -2.04. The van der Waals surface area contributed by atoms with Gasteiger partial charge in [0.2, 0.25) is 10.6 Å². The number of pyridine rings is 2. The van der Waals surface area contributed by atoms with Gasteiger partial charge in [-0.05, 0) is 12.5 Å². The van der Waals surface area contributed by atoms with E-state index in [2.05, 4.69) is 15.2 Å². The molecule has 0 saturated carbocycles. The molecule has 0 amide bonds. The minimum atomic E-state index is -1.41. The molecule has 3 N–H and O–H groups in total. The van der Waals surface area contributed by atoms with Crippen LogP contribution in [0.2, 0.25) is 0 Å². The molecular formula is C15H14ClFN6O3S. The molecule has 9 nitrogen and oxygen atoms in total. The van der Waals surface area contributed by atoms with Gasteiger partial charge in [0.1, 0.15) is 11.1 Å². The van der Waals surface area contributed by atoms with Crippen molar-refractivity contribution in [1.82, 2.24) is 19.7 Å². The van der Waals surface area contributed by atoms with Crippen LogP contribution in [0.3, 0.4) is 0 Å². The first-order chi connectivity index (χ1) is 12.5. The highest BCUT2D eigenvalue weighted by Gasteiger charge is 2.26. The molecule has 3 aromatic heterocycles. The molecular weight excluding hydrogens is 399 g/mol. The molecule has 4 heterocycles. The largest absolute Gasteiger partial charge is 0.477 e. The van der Waals surface area contributed by atoms with Crippen LogP contribution >= 0.6 is 23.7 Å². The third-order valence-electron chi connectivity index (χ3n) is 4.22. The highest BCUT2D eigenvalue weighted by molar-refractivity contribution is 7.11. The number of carboxylic acids is 1. The van der Waals surface area contributed by atoms with Crippen molar-refractivity contribution in [3.05, 3.63) is 39.4 Å². The molecule has 1 aliphatic rings. The highest BCUT2D eigenvalue weighted by atomic mass is 35.5. The van der Waals surface area contributed by atoms with E-state index in [0.29, 0.717) is 24.6 Å². The van der Waals surface area contributed by atoms with Crippen molar-refractivity contribution in [2.45, 2.75) is 12.5 Å². The Morgan fingerprint density at radius 1 is 1.44 bits per heavy atom. The Kier molecular flexibility index (Phi) is 5.09. The summed E-state index contributed by atoms with van der Waals surface area (Å²) >= 11 is 1.14. The van der Waals surface area contributed by atoms with E-state index in [1.54, 1.807) is 4.90 Å². The average Bonchev–Trinajstić information content (AvgIpc) is 3.26. The molecule has 27 heavy (non-hydrogen) atoms. The van der Waals surface area contributed by atoms with Crippen molar-refractivity contribution < 1.29 is 14.3 Å². The van der Waals surface area contributed by atoms with Crippen molar-refractivity contribution >= 4 is 46.6 Å². The maximum Gasteiger partial charge on any atom is 0.341 e. The number of rotatable bonds is 3. The number of nitrogens with two attached hydrogens (primary N) is 1. The van der Waals surface area contributed by atoms with Gasteiger partial charge in [-0.15, -0.1) is 22.6 Å². The maximum absolute atomic E-state index is 14.6. The Hall–Kier alpha value is -2.63. The number of hydrogen-bond acceptors (Lipinski definition) is 8. The Morgan fingerprint density at radius 2 is 2.22 bits per heavy atom. The van der Waals surface area contributed by atoms with Crippen LogP contribution in [0.15, 0.2) is 22.6 Å². The second-order valence-electron chi connectivity index (χ2n) is 5.93. The quantitative estimate of drug-likeness (QED) is 0.653. The normalized spacial score (nSPS) is 16.5. The summed E-state index contributed by atoms with van der Waals surface area (Å²) in [5.41, 5.74) is 6.16. The molecule has 142 valence electrons. The fraction of sp³-hybridized carbons (Fsp3) is 0.267. The van der Waals surface area contributed by atoms with E-state index >= 15 is 0 Å². The second-order valence-corrected chi connectivity index (χ2v) is 6.74. The van der Waals surface area contributed by atoms with Gasteiger partial charge in [0.25, 0.3) is 0 Å². The zero-order valence-corrected chi connectivity index (χ0v) is 15.3. The van der Waals surface area contributed by atoms with Crippen molar-refractivity contribution in [3.8, 4) is 5.13 Å². The van der Waals surface area contributed by atoms with Crippen LogP contribution in [0.4, 0.5) is 10.2 Å². The van der Waals surface area contributed by atoms with Crippen LogP contribution in [0.5, 0.6) is 0 Å². The number of anilines is 1. The predicted molar refractivity (Wildman–Crippen MR) is 99.8 cm³/mol. The topological polar surface area (TPSA) is 127 Å². The Morgan fingerprint density at radius 3 is 2.81 bits per heavy atom. The molecule has 1 atom stereocenters. The number of halogens is 2. The van der Waals surface area contributed by atoms with Crippen molar-refractivity contribution in [3.63, 3.8) is 0 Å². The number of carbonyl (C=O) groups is 1. The third-order valence-corrected chi connectivity index (χ3v) is 4.91. The molecule has 1 fully saturated rings. The molecule has 3 aromatic rings. The SMILES string of the molecule is Cl.NC1CCN(c2nc3c(cc2F)c(=O)c(C(=O)O)cn3-c2nncs2)C1. The minimum absolute atomic E-state index is 0. The van der Waals surface area contributed by atoms with Gasteiger partial charge in [-0.1, -0.05) is 11.3 Å². The van der Waals surface area contributed by atoms with Gasteiger partial charge in [0.05, 0.1) is 5.39 Å². The van der Waals surface area contributed by atoms with Crippen molar-refractivity contribution in [2.24, 2.45) is 5.73 Å². The van der Waals surface area contributed by atoms with Crippen molar-refractivity contribution in [1.29, 1.82) is 0 Å². The average molecular weight is 413 g/mol. The first kappa shape index (κ1) is 19.1.